The number of hydrogen-bond acceptors (Lipinski definition) is 9. The quantitative estimate of drug-likeness (QED) is 0.270. The van der Waals surface area contributed by atoms with Crippen molar-refractivity contribution in [2.45, 2.75) is 119 Å². The zero-order valence-corrected chi connectivity index (χ0v) is 23.9. The van der Waals surface area contributed by atoms with Crippen LogP contribution in [0.3, 0.4) is 0 Å². The Labute approximate surface area is 236 Å². The van der Waals surface area contributed by atoms with Crippen molar-refractivity contribution in [1.82, 2.24) is 41.9 Å². The van der Waals surface area contributed by atoms with Crippen LogP contribution in [0.15, 0.2) is 0 Å². The Bertz CT molecular complexity index is 882. The zero-order chi connectivity index (χ0) is 27.6. The van der Waals surface area contributed by atoms with Gasteiger partial charge in [0.1, 0.15) is 12.3 Å². The topological polar surface area (TPSA) is 87.9 Å². The van der Waals surface area contributed by atoms with Crippen LogP contribution in [0.25, 0.3) is 0 Å². The predicted molar refractivity (Wildman–Crippen MR) is 146 cm³/mol. The molecule has 12 heteroatoms. The first-order chi connectivity index (χ1) is 19.3. The highest BCUT2D eigenvalue weighted by Crippen LogP contribution is 2.42. The molecule has 4 aliphatic heterocycles. The highest BCUT2D eigenvalue weighted by molar-refractivity contribution is 5.10. The van der Waals surface area contributed by atoms with Gasteiger partial charge in [0, 0.05) is 57.0 Å². The van der Waals surface area contributed by atoms with E-state index in [4.69, 9.17) is 4.74 Å². The van der Waals surface area contributed by atoms with Gasteiger partial charge in [-0.1, -0.05) is 12.8 Å². The molecule has 3 saturated carbocycles. The third kappa shape index (κ3) is 5.57. The largest absolute Gasteiger partial charge is 0.405 e. The average molecular weight is 571 g/mol. The molecule has 0 spiro atoms. The molecular formula is C28H49F3N8O. The summed E-state index contributed by atoms with van der Waals surface area (Å²) in [5, 5.41) is 20.7. The summed E-state index contributed by atoms with van der Waals surface area (Å²) < 4.78 is 45.9. The minimum atomic E-state index is -4.18. The Balaban J connectivity index is 0.990. The molecule has 9 nitrogen and oxygen atoms in total. The highest BCUT2D eigenvalue weighted by atomic mass is 19.4. The van der Waals surface area contributed by atoms with Crippen molar-refractivity contribution in [2.24, 2.45) is 23.7 Å². The molecule has 9 unspecified atom stereocenters. The number of methoxy groups -OCH3 is 1. The van der Waals surface area contributed by atoms with E-state index in [-0.39, 0.29) is 25.1 Å². The van der Waals surface area contributed by atoms with E-state index in [9.17, 15) is 13.2 Å². The van der Waals surface area contributed by atoms with Gasteiger partial charge in [-0.15, -0.1) is 0 Å². The first-order valence-electron chi connectivity index (χ1n) is 15.9. The van der Waals surface area contributed by atoms with Crippen LogP contribution >= 0.6 is 0 Å². The van der Waals surface area contributed by atoms with E-state index in [2.05, 4.69) is 37.0 Å². The summed E-state index contributed by atoms with van der Waals surface area (Å²) in [6.45, 7) is 1.82. The van der Waals surface area contributed by atoms with Crippen LogP contribution < -0.4 is 32.0 Å². The third-order valence-electron chi connectivity index (χ3n) is 11.2. The Kier molecular flexibility index (Phi) is 7.88. The van der Waals surface area contributed by atoms with E-state index in [0.29, 0.717) is 48.0 Å². The summed E-state index contributed by atoms with van der Waals surface area (Å²) in [6, 6.07) is 0.879. The molecule has 7 rings (SSSR count). The standard InChI is InChI=1S/C28H49F3N8O/c1-38-13-21(28(29,30)31)35-26(38)17-5-3-15(4-6-17)11-19-24-20(39(37-19)18-9-10-18)12-32-25(36-24)22-23(16-7-8-16)33-14-34-27(22)40-2/h15-27,32-37H,3-14H2,1-2H3. The number of nitrogens with one attached hydrogen (secondary N) is 6. The summed E-state index contributed by atoms with van der Waals surface area (Å²) >= 11 is 0. The van der Waals surface area contributed by atoms with Crippen LogP contribution in [0.5, 0.6) is 0 Å². The first kappa shape index (κ1) is 28.2. The lowest BCUT2D eigenvalue weighted by atomic mass is 9.76. The van der Waals surface area contributed by atoms with Gasteiger partial charge < -0.3 is 10.1 Å². The molecule has 7 fully saturated rings. The molecule has 0 bridgehead atoms. The monoisotopic (exact) mass is 570 g/mol. The summed E-state index contributed by atoms with van der Waals surface area (Å²) in [5.41, 5.74) is 3.96. The van der Waals surface area contributed by atoms with Crippen molar-refractivity contribution < 1.29 is 17.9 Å². The fraction of sp³-hybridized carbons (Fsp3) is 1.00. The number of alkyl halides is 3. The van der Waals surface area contributed by atoms with E-state index >= 15 is 0 Å². The maximum atomic E-state index is 13.3. The van der Waals surface area contributed by atoms with Crippen LogP contribution in [0.4, 0.5) is 13.2 Å². The second-order valence-corrected chi connectivity index (χ2v) is 13.9. The Morgan fingerprint density at radius 1 is 0.875 bits per heavy atom. The normalized spacial score (nSPS) is 47.5. The Hall–Kier alpha value is -0.570. The van der Waals surface area contributed by atoms with Crippen molar-refractivity contribution in [2.75, 3.05) is 33.9 Å². The molecule has 7 aliphatic rings. The molecule has 9 atom stereocenters. The number of nitrogens with zero attached hydrogens (tertiary/aromatic N) is 2. The molecule has 228 valence electrons. The minimum absolute atomic E-state index is 0.0234. The van der Waals surface area contributed by atoms with Gasteiger partial charge in [-0.2, -0.15) is 13.2 Å². The first-order valence-corrected chi connectivity index (χ1v) is 15.9. The molecule has 4 saturated heterocycles. The number of hydrogen-bond donors (Lipinski definition) is 6. The minimum Gasteiger partial charge on any atom is -0.366 e. The van der Waals surface area contributed by atoms with Crippen LogP contribution in [0.2, 0.25) is 0 Å². The van der Waals surface area contributed by atoms with Gasteiger partial charge >= 0.3 is 6.18 Å². The van der Waals surface area contributed by atoms with Crippen LogP contribution in [-0.4, -0.2) is 105 Å². The number of fused-ring (bicyclic) bond motifs is 1. The average Bonchev–Trinajstić information content (AvgIpc) is 3.88. The highest BCUT2D eigenvalue weighted by Gasteiger charge is 2.54. The number of hydrazine groups is 1. The molecule has 40 heavy (non-hydrogen) atoms. The van der Waals surface area contributed by atoms with Crippen molar-refractivity contribution in [3.63, 3.8) is 0 Å². The number of rotatable bonds is 7. The fourth-order valence-corrected chi connectivity index (χ4v) is 8.83. The summed E-state index contributed by atoms with van der Waals surface area (Å²) in [7, 11) is 3.65. The lowest BCUT2D eigenvalue weighted by Gasteiger charge is -2.48. The summed E-state index contributed by atoms with van der Waals surface area (Å²) in [6.07, 6.45) is 6.32. The van der Waals surface area contributed by atoms with Gasteiger partial charge in [0.25, 0.3) is 0 Å². The van der Waals surface area contributed by atoms with Gasteiger partial charge in [0.05, 0.1) is 18.4 Å². The van der Waals surface area contributed by atoms with Crippen LogP contribution in [-0.2, 0) is 4.74 Å². The molecule has 0 radical (unpaired) electrons. The summed E-state index contributed by atoms with van der Waals surface area (Å²) in [5.74, 6) is 1.95. The van der Waals surface area contributed by atoms with Crippen molar-refractivity contribution >= 4 is 0 Å². The SMILES string of the molecule is COC1NCNC(C2CC2)C1C1NCC2C(N1)C(CC1CCC(C3NC(C(F)(F)F)CN3C)CC1)NN2C1CC1. The molecule has 0 aromatic heterocycles. The van der Waals surface area contributed by atoms with Gasteiger partial charge in [-0.3, -0.25) is 26.2 Å². The Morgan fingerprint density at radius 2 is 1.62 bits per heavy atom. The van der Waals surface area contributed by atoms with Crippen molar-refractivity contribution in [3.05, 3.63) is 0 Å². The predicted octanol–water partition coefficient (Wildman–Crippen LogP) is 1.10. The molecular weight excluding hydrogens is 521 g/mol. The maximum absolute atomic E-state index is 13.3. The van der Waals surface area contributed by atoms with E-state index in [0.717, 1.165) is 51.2 Å². The number of likely N-dealkylation sites (N-methyl/N-ethyl adjacent to an activating group) is 1. The van der Waals surface area contributed by atoms with Crippen molar-refractivity contribution in [3.8, 4) is 0 Å². The summed E-state index contributed by atoms with van der Waals surface area (Å²) in [4.78, 5) is 1.88. The lowest BCUT2D eigenvalue weighted by Crippen LogP contribution is -2.73. The molecule has 3 aliphatic carbocycles. The van der Waals surface area contributed by atoms with Gasteiger partial charge in [-0.05, 0) is 69.7 Å². The molecule has 6 N–H and O–H groups in total. The number of halogens is 3. The molecule has 0 aromatic carbocycles. The maximum Gasteiger partial charge on any atom is 0.405 e. The second kappa shape index (κ2) is 11.2. The molecule has 0 aromatic rings. The zero-order valence-electron chi connectivity index (χ0n) is 23.9. The van der Waals surface area contributed by atoms with E-state index < -0.39 is 12.2 Å². The van der Waals surface area contributed by atoms with E-state index in [1.165, 1.54) is 25.7 Å². The smallest absolute Gasteiger partial charge is 0.366 e. The molecule has 4 heterocycles. The van der Waals surface area contributed by atoms with Gasteiger partial charge in [-0.25, -0.2) is 10.4 Å². The fourth-order valence-electron chi connectivity index (χ4n) is 8.83. The lowest BCUT2D eigenvalue weighted by molar-refractivity contribution is -0.150. The van der Waals surface area contributed by atoms with E-state index in [1.807, 2.05) is 19.1 Å². The second-order valence-electron chi connectivity index (χ2n) is 13.9. The third-order valence-corrected chi connectivity index (χ3v) is 11.2. The Morgan fingerprint density at radius 3 is 2.27 bits per heavy atom. The van der Waals surface area contributed by atoms with Crippen LogP contribution in [0.1, 0.15) is 57.8 Å². The van der Waals surface area contributed by atoms with Gasteiger partial charge in [0.2, 0.25) is 0 Å². The molecule has 0 amide bonds. The van der Waals surface area contributed by atoms with E-state index in [1.54, 1.807) is 0 Å². The number of ether oxygens (including phenoxy) is 1. The van der Waals surface area contributed by atoms with Gasteiger partial charge in [0.15, 0.2) is 0 Å². The van der Waals surface area contributed by atoms with Crippen molar-refractivity contribution in [1.29, 1.82) is 0 Å². The van der Waals surface area contributed by atoms with Crippen LogP contribution in [0, 0.1) is 23.7 Å².